The Bertz CT molecular complexity index is 487. The number of halogens is 2. The summed E-state index contributed by atoms with van der Waals surface area (Å²) in [6, 6.07) is 7.62. The maximum absolute atomic E-state index is 13.1. The van der Waals surface area contributed by atoms with Gasteiger partial charge >= 0.3 is 0 Å². The van der Waals surface area contributed by atoms with E-state index in [1.54, 1.807) is 18.2 Å². The topological polar surface area (TPSA) is 39.2 Å². The molecule has 2 aromatic rings. The van der Waals surface area contributed by atoms with Gasteiger partial charge in [0.25, 0.3) is 0 Å². The van der Waals surface area contributed by atoms with Gasteiger partial charge in [-0.1, -0.05) is 11.6 Å². The number of rotatable bonds is 2. The van der Waals surface area contributed by atoms with Gasteiger partial charge in [0.2, 0.25) is 0 Å². The van der Waals surface area contributed by atoms with Crippen LogP contribution in [0.25, 0.3) is 11.3 Å². The maximum atomic E-state index is 13.1. The summed E-state index contributed by atoms with van der Waals surface area (Å²) < 4.78 is 18.6. The van der Waals surface area contributed by atoms with E-state index in [0.717, 1.165) is 0 Å². The lowest BCUT2D eigenvalue weighted by Gasteiger charge is -2.01. The smallest absolute Gasteiger partial charge is 0.134 e. The first-order valence-corrected chi connectivity index (χ1v) is 5.26. The average molecular weight is 240 g/mol. The fraction of sp³-hybridized carbons (Fsp3) is 0.167. The standard InChI is InChI=1S/C12H11ClFNO/c1-7(15)11-2-3-12(16-11)8-4-9(13)6-10(14)5-8/h2-7H,15H2,1H3. The first-order valence-electron chi connectivity index (χ1n) is 4.88. The molecule has 2 nitrogen and oxygen atoms in total. The molecule has 1 aromatic carbocycles. The van der Waals surface area contributed by atoms with Crippen LogP contribution in [0.1, 0.15) is 18.7 Å². The highest BCUT2D eigenvalue weighted by Gasteiger charge is 2.09. The third kappa shape index (κ3) is 2.26. The van der Waals surface area contributed by atoms with Crippen molar-refractivity contribution in [2.24, 2.45) is 5.73 Å². The quantitative estimate of drug-likeness (QED) is 0.867. The van der Waals surface area contributed by atoms with Crippen molar-refractivity contribution in [3.05, 3.63) is 46.9 Å². The highest BCUT2D eigenvalue weighted by atomic mass is 35.5. The van der Waals surface area contributed by atoms with Gasteiger partial charge in [0, 0.05) is 10.6 Å². The molecular weight excluding hydrogens is 229 g/mol. The van der Waals surface area contributed by atoms with Gasteiger partial charge < -0.3 is 10.2 Å². The maximum Gasteiger partial charge on any atom is 0.134 e. The summed E-state index contributed by atoms with van der Waals surface area (Å²) in [5.74, 6) is 0.838. The van der Waals surface area contributed by atoms with Crippen LogP contribution in [-0.2, 0) is 0 Å². The summed E-state index contributed by atoms with van der Waals surface area (Å²) in [7, 11) is 0. The Morgan fingerprint density at radius 2 is 2.06 bits per heavy atom. The second-order valence-corrected chi connectivity index (χ2v) is 4.09. The fourth-order valence-corrected chi connectivity index (χ4v) is 1.67. The van der Waals surface area contributed by atoms with E-state index in [9.17, 15) is 4.39 Å². The molecule has 0 amide bonds. The summed E-state index contributed by atoms with van der Waals surface area (Å²) in [5, 5.41) is 0.341. The number of hydrogen-bond donors (Lipinski definition) is 1. The fourth-order valence-electron chi connectivity index (χ4n) is 1.45. The van der Waals surface area contributed by atoms with E-state index in [1.807, 2.05) is 6.92 Å². The lowest BCUT2D eigenvalue weighted by atomic mass is 10.2. The minimum atomic E-state index is -0.388. The molecule has 0 radical (unpaired) electrons. The van der Waals surface area contributed by atoms with Crippen molar-refractivity contribution in [2.45, 2.75) is 13.0 Å². The molecule has 0 saturated carbocycles. The van der Waals surface area contributed by atoms with E-state index in [1.165, 1.54) is 12.1 Å². The Morgan fingerprint density at radius 1 is 1.31 bits per heavy atom. The number of furan rings is 1. The first kappa shape index (κ1) is 11.2. The molecular formula is C12H11ClFNO. The van der Waals surface area contributed by atoms with Crippen molar-refractivity contribution < 1.29 is 8.81 Å². The monoisotopic (exact) mass is 239 g/mol. The van der Waals surface area contributed by atoms with Crippen molar-refractivity contribution in [1.82, 2.24) is 0 Å². The van der Waals surface area contributed by atoms with E-state index < -0.39 is 0 Å². The molecule has 4 heteroatoms. The van der Waals surface area contributed by atoms with Gasteiger partial charge in [-0.25, -0.2) is 4.39 Å². The van der Waals surface area contributed by atoms with Crippen LogP contribution >= 0.6 is 11.6 Å². The number of hydrogen-bond acceptors (Lipinski definition) is 2. The highest BCUT2D eigenvalue weighted by Crippen LogP contribution is 2.27. The highest BCUT2D eigenvalue weighted by molar-refractivity contribution is 6.30. The number of benzene rings is 1. The van der Waals surface area contributed by atoms with Gasteiger partial charge in [0.05, 0.1) is 6.04 Å². The van der Waals surface area contributed by atoms with Crippen LogP contribution < -0.4 is 5.73 Å². The predicted molar refractivity (Wildman–Crippen MR) is 61.7 cm³/mol. The first-order chi connectivity index (χ1) is 7.56. The van der Waals surface area contributed by atoms with Crippen LogP contribution in [-0.4, -0.2) is 0 Å². The van der Waals surface area contributed by atoms with Gasteiger partial charge in [0.15, 0.2) is 0 Å². The Hall–Kier alpha value is -1.32. The summed E-state index contributed by atoms with van der Waals surface area (Å²) >= 11 is 5.76. The molecule has 1 unspecified atom stereocenters. The van der Waals surface area contributed by atoms with E-state index in [0.29, 0.717) is 22.1 Å². The zero-order valence-corrected chi connectivity index (χ0v) is 9.46. The molecule has 0 bridgehead atoms. The van der Waals surface area contributed by atoms with Crippen molar-refractivity contribution >= 4 is 11.6 Å². The lowest BCUT2D eigenvalue weighted by molar-refractivity contribution is 0.490. The minimum absolute atomic E-state index is 0.183. The molecule has 0 saturated heterocycles. The Kier molecular flexibility index (Phi) is 2.99. The Morgan fingerprint density at radius 3 is 2.62 bits per heavy atom. The normalized spacial score (nSPS) is 12.8. The van der Waals surface area contributed by atoms with Crippen LogP contribution in [0.4, 0.5) is 4.39 Å². The van der Waals surface area contributed by atoms with Crippen molar-refractivity contribution in [1.29, 1.82) is 0 Å². The molecule has 0 aliphatic carbocycles. The summed E-state index contributed by atoms with van der Waals surface area (Å²) in [6.45, 7) is 1.82. The van der Waals surface area contributed by atoms with Gasteiger partial charge in [-0.2, -0.15) is 0 Å². The van der Waals surface area contributed by atoms with E-state index in [4.69, 9.17) is 21.8 Å². The zero-order chi connectivity index (χ0) is 11.7. The van der Waals surface area contributed by atoms with Gasteiger partial charge in [0.1, 0.15) is 17.3 Å². The van der Waals surface area contributed by atoms with Crippen LogP contribution in [0, 0.1) is 5.82 Å². The third-order valence-electron chi connectivity index (χ3n) is 2.22. The Balaban J connectivity index is 2.42. The van der Waals surface area contributed by atoms with Crippen LogP contribution in [0.3, 0.4) is 0 Å². The Labute approximate surface area is 97.8 Å². The van der Waals surface area contributed by atoms with Crippen LogP contribution in [0.5, 0.6) is 0 Å². The second kappa shape index (κ2) is 4.28. The second-order valence-electron chi connectivity index (χ2n) is 3.65. The third-order valence-corrected chi connectivity index (χ3v) is 2.44. The molecule has 1 atom stereocenters. The van der Waals surface area contributed by atoms with Crippen molar-refractivity contribution in [2.75, 3.05) is 0 Å². The molecule has 84 valence electrons. The molecule has 2 N–H and O–H groups in total. The number of nitrogens with two attached hydrogens (primary N) is 1. The SMILES string of the molecule is CC(N)c1ccc(-c2cc(F)cc(Cl)c2)o1. The molecule has 0 fully saturated rings. The average Bonchev–Trinajstić information content (AvgIpc) is 2.64. The van der Waals surface area contributed by atoms with Crippen LogP contribution in [0.15, 0.2) is 34.7 Å². The largest absolute Gasteiger partial charge is 0.459 e. The van der Waals surface area contributed by atoms with Gasteiger partial charge in [-0.3, -0.25) is 0 Å². The molecule has 0 aliphatic rings. The lowest BCUT2D eigenvalue weighted by Crippen LogP contribution is -2.02. The predicted octanol–water partition coefficient (Wildman–Crippen LogP) is 3.76. The zero-order valence-electron chi connectivity index (χ0n) is 8.71. The van der Waals surface area contributed by atoms with Crippen LogP contribution in [0.2, 0.25) is 5.02 Å². The van der Waals surface area contributed by atoms with Gasteiger partial charge in [-0.05, 0) is 37.3 Å². The molecule has 1 heterocycles. The summed E-state index contributed by atoms with van der Waals surface area (Å²) in [5.41, 5.74) is 6.28. The summed E-state index contributed by atoms with van der Waals surface area (Å²) in [6.07, 6.45) is 0. The molecule has 2 rings (SSSR count). The molecule has 0 spiro atoms. The van der Waals surface area contributed by atoms with E-state index >= 15 is 0 Å². The minimum Gasteiger partial charge on any atom is -0.459 e. The van der Waals surface area contributed by atoms with E-state index in [-0.39, 0.29) is 11.9 Å². The van der Waals surface area contributed by atoms with E-state index in [2.05, 4.69) is 0 Å². The molecule has 0 aliphatic heterocycles. The van der Waals surface area contributed by atoms with Crippen molar-refractivity contribution in [3.63, 3.8) is 0 Å². The molecule has 1 aromatic heterocycles. The van der Waals surface area contributed by atoms with Crippen molar-refractivity contribution in [3.8, 4) is 11.3 Å². The van der Waals surface area contributed by atoms with Gasteiger partial charge in [-0.15, -0.1) is 0 Å². The summed E-state index contributed by atoms with van der Waals surface area (Å²) in [4.78, 5) is 0. The molecule has 16 heavy (non-hydrogen) atoms.